The Balaban J connectivity index is 1.42. The third-order valence-electron chi connectivity index (χ3n) is 15.4. The molecule has 0 unspecified atom stereocenters. The van der Waals surface area contributed by atoms with E-state index in [0.29, 0.717) is 39.8 Å². The van der Waals surface area contributed by atoms with Gasteiger partial charge in [-0.2, -0.15) is 0 Å². The highest BCUT2D eigenvalue weighted by Gasteiger charge is 2.62. The van der Waals surface area contributed by atoms with Gasteiger partial charge in [0.1, 0.15) is 0 Å². The summed E-state index contributed by atoms with van der Waals surface area (Å²) in [5.74, 6) is 1.38. The summed E-state index contributed by atoms with van der Waals surface area (Å²) >= 11 is 0. The van der Waals surface area contributed by atoms with Gasteiger partial charge in [0.2, 0.25) is 0 Å². The molecule has 0 atom stereocenters. The molecular weight excluding hydrogens is 615 g/mol. The van der Waals surface area contributed by atoms with Crippen molar-refractivity contribution in [3.05, 3.63) is 112 Å². The summed E-state index contributed by atoms with van der Waals surface area (Å²) in [5.41, 5.74) is 8.35. The van der Waals surface area contributed by atoms with Crippen LogP contribution in [0.4, 0.5) is 17.1 Å². The van der Waals surface area contributed by atoms with Crippen molar-refractivity contribution in [2.45, 2.75) is 140 Å². The van der Waals surface area contributed by atoms with Crippen LogP contribution in [0.25, 0.3) is 11.1 Å². The standard InChI is InChI=1S/C50H59N/c1-46(2)22-24-48(5,6)44-38(46)17-12-20-41(44)51(42-21-13-18-39-45(42)49(7,8)25-23-47(39,3)4)40-19-11-16-37-43(40)35-14-9-10-15-36(35)50(37)33-27-31-26-32(29-33)30-34(50)28-31/h9-21,31-34H,22-30H2,1-8H3/i9D,10D,11D,14D,15D,16D,19D. The number of anilines is 3. The van der Waals surface area contributed by atoms with Crippen LogP contribution < -0.4 is 4.90 Å². The number of fused-ring (bicyclic) bond motifs is 5. The molecule has 1 nitrogen and oxygen atoms in total. The Morgan fingerprint density at radius 1 is 0.510 bits per heavy atom. The molecule has 0 radical (unpaired) electrons. The normalized spacial score (nSPS) is 32.7. The van der Waals surface area contributed by atoms with E-state index in [1.54, 1.807) is 0 Å². The van der Waals surface area contributed by atoms with Gasteiger partial charge in [-0.05, 0) is 160 Å². The molecule has 264 valence electrons. The molecule has 7 aliphatic carbocycles. The molecule has 0 N–H and O–H groups in total. The summed E-state index contributed by atoms with van der Waals surface area (Å²) in [7, 11) is 0. The average Bonchev–Trinajstić information content (AvgIpc) is 3.48. The van der Waals surface area contributed by atoms with Crippen LogP contribution in [-0.2, 0) is 27.1 Å². The Bertz CT molecular complexity index is 2370. The first-order valence-electron chi connectivity index (χ1n) is 23.5. The molecule has 4 aromatic rings. The highest BCUT2D eigenvalue weighted by Crippen LogP contribution is 2.70. The van der Waals surface area contributed by atoms with E-state index in [1.165, 1.54) is 28.7 Å². The molecule has 0 amide bonds. The smallest absolute Gasteiger partial charge is 0.0645 e. The maximum atomic E-state index is 10.2. The summed E-state index contributed by atoms with van der Waals surface area (Å²) in [6, 6.07) is 12.5. The number of rotatable bonds is 3. The van der Waals surface area contributed by atoms with Gasteiger partial charge < -0.3 is 4.90 Å². The van der Waals surface area contributed by atoms with Crippen LogP contribution in [0.2, 0.25) is 0 Å². The van der Waals surface area contributed by atoms with Crippen molar-refractivity contribution in [2.24, 2.45) is 23.7 Å². The van der Waals surface area contributed by atoms with Crippen LogP contribution in [0.5, 0.6) is 0 Å². The van der Waals surface area contributed by atoms with Crippen molar-refractivity contribution in [3.63, 3.8) is 0 Å². The number of hydrogen-bond acceptors (Lipinski definition) is 1. The number of benzene rings is 4. The molecule has 51 heavy (non-hydrogen) atoms. The monoisotopic (exact) mass is 681 g/mol. The molecular formula is C50H59N. The molecule has 7 aliphatic rings. The second-order valence-corrected chi connectivity index (χ2v) is 20.2. The van der Waals surface area contributed by atoms with Crippen molar-refractivity contribution in [1.29, 1.82) is 0 Å². The fourth-order valence-electron chi connectivity index (χ4n) is 12.9. The highest BCUT2D eigenvalue weighted by atomic mass is 15.2. The van der Waals surface area contributed by atoms with E-state index >= 15 is 0 Å². The third-order valence-corrected chi connectivity index (χ3v) is 15.4. The summed E-state index contributed by atoms with van der Waals surface area (Å²) in [6.07, 6.45) is 9.13. The minimum Gasteiger partial charge on any atom is -0.309 e. The lowest BCUT2D eigenvalue weighted by molar-refractivity contribution is -0.0399. The van der Waals surface area contributed by atoms with Gasteiger partial charge in [0, 0.05) is 11.0 Å². The maximum absolute atomic E-state index is 10.2. The average molecular weight is 681 g/mol. The van der Waals surface area contributed by atoms with Gasteiger partial charge in [0.25, 0.3) is 0 Å². The number of hydrogen-bond donors (Lipinski definition) is 0. The number of nitrogens with zero attached hydrogens (tertiary/aromatic N) is 1. The Labute approximate surface area is 318 Å². The van der Waals surface area contributed by atoms with Gasteiger partial charge in [0.05, 0.1) is 26.7 Å². The van der Waals surface area contributed by atoms with Crippen molar-refractivity contribution in [3.8, 4) is 11.1 Å². The Hall–Kier alpha value is -3.32. The van der Waals surface area contributed by atoms with Gasteiger partial charge in [-0.25, -0.2) is 0 Å². The molecule has 1 spiro atoms. The quantitative estimate of drug-likeness (QED) is 0.208. The zero-order chi connectivity index (χ0) is 41.4. The van der Waals surface area contributed by atoms with E-state index in [0.717, 1.165) is 62.7 Å². The summed E-state index contributed by atoms with van der Waals surface area (Å²) < 4.78 is 67.8. The third kappa shape index (κ3) is 4.27. The molecule has 0 heterocycles. The Morgan fingerprint density at radius 3 is 1.55 bits per heavy atom. The first-order valence-corrected chi connectivity index (χ1v) is 20.0. The summed E-state index contributed by atoms with van der Waals surface area (Å²) in [4.78, 5) is 2.28. The van der Waals surface area contributed by atoms with E-state index in [-0.39, 0.29) is 75.8 Å². The van der Waals surface area contributed by atoms with Crippen molar-refractivity contribution in [2.75, 3.05) is 4.90 Å². The summed E-state index contributed by atoms with van der Waals surface area (Å²) in [6.45, 7) is 18.7. The van der Waals surface area contributed by atoms with E-state index in [4.69, 9.17) is 2.74 Å². The van der Waals surface area contributed by atoms with Crippen LogP contribution in [-0.4, -0.2) is 0 Å². The predicted octanol–water partition coefficient (Wildman–Crippen LogP) is 13.6. The molecule has 4 aromatic carbocycles. The molecule has 0 saturated heterocycles. The molecule has 0 aromatic heterocycles. The lowest BCUT2D eigenvalue weighted by atomic mass is 9.43. The van der Waals surface area contributed by atoms with Crippen LogP contribution >= 0.6 is 0 Å². The van der Waals surface area contributed by atoms with E-state index < -0.39 is 5.41 Å². The van der Waals surface area contributed by atoms with Crippen LogP contribution in [0.15, 0.2) is 78.7 Å². The predicted molar refractivity (Wildman–Crippen MR) is 215 cm³/mol. The second-order valence-electron chi connectivity index (χ2n) is 20.2. The van der Waals surface area contributed by atoms with Crippen molar-refractivity contribution in [1.82, 2.24) is 0 Å². The first kappa shape index (κ1) is 25.6. The van der Waals surface area contributed by atoms with Gasteiger partial charge in [-0.15, -0.1) is 0 Å². The topological polar surface area (TPSA) is 3.24 Å². The lowest BCUT2D eigenvalue weighted by Crippen LogP contribution is -2.55. The fraction of sp³-hybridized carbons (Fsp3) is 0.520. The van der Waals surface area contributed by atoms with Crippen molar-refractivity contribution < 1.29 is 9.60 Å². The SMILES string of the molecule is [2H]c1c([2H])c([2H])c2c(c1[2H])-c1c(N(c3cccc4c3C(C)(C)CCC4(C)C)c3cccc4c3C(C)(C)CCC4(C)C)c([2H])c([2H])c([2H])c1C21C2CC3CC(C2)CC1C3. The molecule has 4 bridgehead atoms. The molecule has 11 rings (SSSR count). The second kappa shape index (κ2) is 10.4. The maximum Gasteiger partial charge on any atom is 0.0645 e. The molecule has 1 heteroatoms. The van der Waals surface area contributed by atoms with Crippen molar-refractivity contribution >= 4 is 17.1 Å². The first-order chi connectivity index (χ1) is 27.1. The fourth-order valence-corrected chi connectivity index (χ4v) is 12.9. The van der Waals surface area contributed by atoms with E-state index in [9.17, 15) is 6.85 Å². The van der Waals surface area contributed by atoms with Gasteiger partial charge in [-0.3, -0.25) is 0 Å². The van der Waals surface area contributed by atoms with Crippen LogP contribution in [0.1, 0.15) is 156 Å². The van der Waals surface area contributed by atoms with Gasteiger partial charge >= 0.3 is 0 Å². The van der Waals surface area contributed by atoms with Crippen LogP contribution in [0, 0.1) is 23.7 Å². The Morgan fingerprint density at radius 2 is 1.00 bits per heavy atom. The molecule has 4 fully saturated rings. The Kier molecular flexibility index (Phi) is 5.24. The van der Waals surface area contributed by atoms with E-state index in [1.807, 2.05) is 0 Å². The lowest BCUT2D eigenvalue weighted by Gasteiger charge is -2.61. The molecule has 0 aliphatic heterocycles. The zero-order valence-electron chi connectivity index (χ0n) is 39.1. The molecule has 4 saturated carbocycles. The van der Waals surface area contributed by atoms with Crippen LogP contribution in [0.3, 0.4) is 0 Å². The van der Waals surface area contributed by atoms with Gasteiger partial charge in [0.15, 0.2) is 0 Å². The minimum absolute atomic E-state index is 0.00502. The largest absolute Gasteiger partial charge is 0.309 e. The summed E-state index contributed by atoms with van der Waals surface area (Å²) in [5, 5.41) is 0. The van der Waals surface area contributed by atoms with E-state index in [2.05, 4.69) is 96.7 Å². The minimum atomic E-state index is -0.815. The highest BCUT2D eigenvalue weighted by molar-refractivity contribution is 5.97. The zero-order valence-corrected chi connectivity index (χ0v) is 32.1. The van der Waals surface area contributed by atoms with Gasteiger partial charge in [-0.1, -0.05) is 116 Å².